The van der Waals surface area contributed by atoms with Crippen LogP contribution >= 0.6 is 11.3 Å². The smallest absolute Gasteiger partial charge is 0.244 e. The van der Waals surface area contributed by atoms with Crippen molar-refractivity contribution in [1.29, 1.82) is 0 Å². The SMILES string of the molecule is Cc1ncsc1CN1CCC[C@H]1c1nc(-c2ccccc2)no1. The molecule has 0 unspecified atom stereocenters. The number of aryl methyl sites for hydroxylation is 1. The molecule has 0 amide bonds. The molecule has 1 fully saturated rings. The fraction of sp³-hybridized carbons (Fsp3) is 0.353. The normalized spacial score (nSPS) is 18.6. The molecular weight excluding hydrogens is 308 g/mol. The Morgan fingerprint density at radius 3 is 2.96 bits per heavy atom. The maximum absolute atomic E-state index is 5.57. The van der Waals surface area contributed by atoms with E-state index >= 15 is 0 Å². The number of rotatable bonds is 4. The van der Waals surface area contributed by atoms with Gasteiger partial charge < -0.3 is 4.52 Å². The van der Waals surface area contributed by atoms with Crippen LogP contribution in [0.15, 0.2) is 40.4 Å². The van der Waals surface area contributed by atoms with Gasteiger partial charge >= 0.3 is 0 Å². The second-order valence-electron chi connectivity index (χ2n) is 5.81. The monoisotopic (exact) mass is 326 g/mol. The first-order valence-electron chi connectivity index (χ1n) is 7.83. The van der Waals surface area contributed by atoms with Crippen LogP contribution in [0.5, 0.6) is 0 Å². The van der Waals surface area contributed by atoms with Crippen LogP contribution in [0.25, 0.3) is 11.4 Å². The fourth-order valence-electron chi connectivity index (χ4n) is 3.03. The molecule has 0 bridgehead atoms. The van der Waals surface area contributed by atoms with Crippen molar-refractivity contribution in [3.8, 4) is 11.4 Å². The largest absolute Gasteiger partial charge is 0.337 e. The van der Waals surface area contributed by atoms with Crippen LogP contribution in [0.1, 0.15) is 35.3 Å². The molecule has 2 aromatic heterocycles. The van der Waals surface area contributed by atoms with Gasteiger partial charge in [-0.3, -0.25) is 4.90 Å². The topological polar surface area (TPSA) is 55.1 Å². The number of hydrogen-bond acceptors (Lipinski definition) is 6. The lowest BCUT2D eigenvalue weighted by atomic mass is 10.2. The lowest BCUT2D eigenvalue weighted by Crippen LogP contribution is -2.22. The van der Waals surface area contributed by atoms with E-state index in [1.807, 2.05) is 35.8 Å². The van der Waals surface area contributed by atoms with Crippen LogP contribution in [-0.2, 0) is 6.54 Å². The van der Waals surface area contributed by atoms with Crippen molar-refractivity contribution in [2.45, 2.75) is 32.4 Å². The van der Waals surface area contributed by atoms with Crippen LogP contribution in [0.4, 0.5) is 0 Å². The fourth-order valence-corrected chi connectivity index (χ4v) is 3.83. The first kappa shape index (κ1) is 14.5. The van der Waals surface area contributed by atoms with E-state index in [2.05, 4.69) is 26.9 Å². The summed E-state index contributed by atoms with van der Waals surface area (Å²) >= 11 is 1.72. The first-order valence-corrected chi connectivity index (χ1v) is 8.71. The van der Waals surface area contributed by atoms with Crippen molar-refractivity contribution in [1.82, 2.24) is 20.0 Å². The lowest BCUT2D eigenvalue weighted by Gasteiger charge is -2.20. The molecule has 23 heavy (non-hydrogen) atoms. The quantitative estimate of drug-likeness (QED) is 0.729. The average Bonchev–Trinajstić information content (AvgIpc) is 3.30. The van der Waals surface area contributed by atoms with Gasteiger partial charge in [-0.1, -0.05) is 35.5 Å². The molecule has 5 nitrogen and oxygen atoms in total. The van der Waals surface area contributed by atoms with Gasteiger partial charge in [0.25, 0.3) is 0 Å². The van der Waals surface area contributed by atoms with E-state index in [1.54, 1.807) is 11.3 Å². The molecule has 1 aromatic carbocycles. The Kier molecular flexibility index (Phi) is 3.93. The highest BCUT2D eigenvalue weighted by Gasteiger charge is 2.31. The van der Waals surface area contributed by atoms with E-state index in [1.165, 1.54) is 4.88 Å². The number of aromatic nitrogens is 3. The predicted octanol–water partition coefficient (Wildman–Crippen LogP) is 3.84. The van der Waals surface area contributed by atoms with Gasteiger partial charge in [-0.25, -0.2) is 4.98 Å². The number of hydrogen-bond donors (Lipinski definition) is 0. The summed E-state index contributed by atoms with van der Waals surface area (Å²) in [6.07, 6.45) is 2.22. The molecule has 1 atom stereocenters. The Morgan fingerprint density at radius 1 is 1.30 bits per heavy atom. The molecule has 0 spiro atoms. The van der Waals surface area contributed by atoms with Gasteiger partial charge in [-0.15, -0.1) is 11.3 Å². The van der Waals surface area contributed by atoms with Crippen molar-refractivity contribution in [2.75, 3.05) is 6.54 Å². The van der Waals surface area contributed by atoms with Gasteiger partial charge in [-0.05, 0) is 26.3 Å². The standard InChI is InChI=1S/C17H18N4OS/c1-12-15(23-11-18-12)10-21-9-5-8-14(21)17-19-16(20-22-17)13-6-3-2-4-7-13/h2-4,6-7,11,14H,5,8-10H2,1H3/t14-/m0/s1. The lowest BCUT2D eigenvalue weighted by molar-refractivity contribution is 0.202. The Bertz CT molecular complexity index is 783. The van der Waals surface area contributed by atoms with Crippen molar-refractivity contribution >= 4 is 11.3 Å². The Hall–Kier alpha value is -2.05. The van der Waals surface area contributed by atoms with E-state index in [0.717, 1.165) is 43.1 Å². The number of nitrogens with zero attached hydrogens (tertiary/aromatic N) is 4. The van der Waals surface area contributed by atoms with Crippen LogP contribution in [-0.4, -0.2) is 26.6 Å². The van der Waals surface area contributed by atoms with Gasteiger partial charge in [0.2, 0.25) is 11.7 Å². The van der Waals surface area contributed by atoms with Gasteiger partial charge in [0.1, 0.15) is 0 Å². The summed E-state index contributed by atoms with van der Waals surface area (Å²) in [5.41, 5.74) is 4.03. The third kappa shape index (κ3) is 2.92. The zero-order chi connectivity index (χ0) is 15.6. The van der Waals surface area contributed by atoms with Gasteiger partial charge in [0.05, 0.1) is 17.2 Å². The van der Waals surface area contributed by atoms with E-state index in [4.69, 9.17) is 4.52 Å². The van der Waals surface area contributed by atoms with E-state index in [9.17, 15) is 0 Å². The second-order valence-corrected chi connectivity index (χ2v) is 6.75. The minimum atomic E-state index is 0.210. The molecule has 0 aliphatic carbocycles. The summed E-state index contributed by atoms with van der Waals surface area (Å²) in [4.78, 5) is 12.7. The van der Waals surface area contributed by atoms with Crippen molar-refractivity contribution in [3.05, 3.63) is 52.3 Å². The highest BCUT2D eigenvalue weighted by atomic mass is 32.1. The summed E-state index contributed by atoms with van der Waals surface area (Å²) in [6.45, 7) is 4.03. The highest BCUT2D eigenvalue weighted by molar-refractivity contribution is 7.09. The number of benzene rings is 1. The summed E-state index contributed by atoms with van der Waals surface area (Å²) < 4.78 is 5.57. The Balaban J connectivity index is 1.55. The molecule has 118 valence electrons. The van der Waals surface area contributed by atoms with E-state index < -0.39 is 0 Å². The molecule has 0 saturated carbocycles. The Labute approximate surface area is 139 Å². The summed E-state index contributed by atoms with van der Waals surface area (Å²) in [5.74, 6) is 1.39. The zero-order valence-corrected chi connectivity index (χ0v) is 13.8. The predicted molar refractivity (Wildman–Crippen MR) is 89.0 cm³/mol. The van der Waals surface area contributed by atoms with Crippen LogP contribution in [0.2, 0.25) is 0 Å². The summed E-state index contributed by atoms with van der Waals surface area (Å²) in [7, 11) is 0. The summed E-state index contributed by atoms with van der Waals surface area (Å²) in [5, 5.41) is 4.16. The van der Waals surface area contributed by atoms with Crippen molar-refractivity contribution in [3.63, 3.8) is 0 Å². The number of likely N-dealkylation sites (tertiary alicyclic amines) is 1. The Morgan fingerprint density at radius 2 is 2.17 bits per heavy atom. The molecule has 1 aliphatic rings. The molecule has 4 rings (SSSR count). The molecular formula is C17H18N4OS. The van der Waals surface area contributed by atoms with E-state index in [-0.39, 0.29) is 6.04 Å². The second kappa shape index (κ2) is 6.22. The third-order valence-corrected chi connectivity index (χ3v) is 5.23. The van der Waals surface area contributed by atoms with Crippen molar-refractivity contribution in [2.24, 2.45) is 0 Å². The first-order chi connectivity index (χ1) is 11.3. The maximum atomic E-state index is 5.57. The van der Waals surface area contributed by atoms with E-state index in [0.29, 0.717) is 5.82 Å². The molecule has 3 heterocycles. The van der Waals surface area contributed by atoms with Gasteiger partial charge in [-0.2, -0.15) is 4.98 Å². The maximum Gasteiger partial charge on any atom is 0.244 e. The zero-order valence-electron chi connectivity index (χ0n) is 13.0. The third-order valence-electron chi connectivity index (χ3n) is 4.31. The van der Waals surface area contributed by atoms with Gasteiger partial charge in [0.15, 0.2) is 0 Å². The van der Waals surface area contributed by atoms with Crippen LogP contribution in [0, 0.1) is 6.92 Å². The molecule has 1 aliphatic heterocycles. The molecule has 3 aromatic rings. The molecule has 6 heteroatoms. The minimum Gasteiger partial charge on any atom is -0.337 e. The average molecular weight is 326 g/mol. The summed E-state index contributed by atoms with van der Waals surface area (Å²) in [6, 6.07) is 10.2. The van der Waals surface area contributed by atoms with Crippen LogP contribution < -0.4 is 0 Å². The molecule has 0 N–H and O–H groups in total. The van der Waals surface area contributed by atoms with Gasteiger partial charge in [0, 0.05) is 17.0 Å². The van der Waals surface area contributed by atoms with Crippen molar-refractivity contribution < 1.29 is 4.52 Å². The number of thiazole rings is 1. The minimum absolute atomic E-state index is 0.210. The van der Waals surface area contributed by atoms with Crippen LogP contribution in [0.3, 0.4) is 0 Å². The molecule has 0 radical (unpaired) electrons. The molecule has 1 saturated heterocycles. The highest BCUT2D eigenvalue weighted by Crippen LogP contribution is 2.34.